The van der Waals surface area contributed by atoms with Crippen molar-refractivity contribution in [3.8, 4) is 0 Å². The van der Waals surface area contributed by atoms with E-state index in [0.717, 1.165) is 12.8 Å². The third-order valence-electron chi connectivity index (χ3n) is 3.55. The molecular weight excluding hydrogens is 258 g/mol. The summed E-state index contributed by atoms with van der Waals surface area (Å²) in [5, 5.41) is 3.81. The second kappa shape index (κ2) is 8.55. The number of amides is 2. The molecule has 6 heteroatoms. The highest BCUT2D eigenvalue weighted by Crippen LogP contribution is 2.27. The van der Waals surface area contributed by atoms with E-state index in [1.807, 2.05) is 0 Å². The van der Waals surface area contributed by atoms with Gasteiger partial charge < -0.3 is 10.5 Å². The number of hydrogen-bond donors (Lipinski definition) is 2. The molecule has 0 saturated carbocycles. The average molecular weight is 283 g/mol. The van der Waals surface area contributed by atoms with E-state index in [1.165, 1.54) is 25.7 Å². The fourth-order valence-electron chi connectivity index (χ4n) is 2.34. The van der Waals surface area contributed by atoms with Crippen LogP contribution in [0.3, 0.4) is 0 Å². The van der Waals surface area contributed by atoms with Crippen molar-refractivity contribution in [3.63, 3.8) is 0 Å². The van der Waals surface area contributed by atoms with E-state index >= 15 is 0 Å². The molecule has 0 bridgehead atoms. The molecule has 20 heavy (non-hydrogen) atoms. The summed E-state index contributed by atoms with van der Waals surface area (Å²) in [5.74, 6) is -0.195. The maximum atomic E-state index is 11.8. The summed E-state index contributed by atoms with van der Waals surface area (Å²) in [5.41, 5.74) is 7.66. The zero-order valence-electron chi connectivity index (χ0n) is 12.4. The molecule has 0 aliphatic carbocycles. The second-order valence-corrected chi connectivity index (χ2v) is 5.29. The summed E-state index contributed by atoms with van der Waals surface area (Å²) in [6, 6.07) is -0.721. The van der Waals surface area contributed by atoms with Gasteiger partial charge in [-0.1, -0.05) is 39.0 Å². The number of hydrazone groups is 1. The second-order valence-electron chi connectivity index (χ2n) is 5.29. The molecule has 1 saturated heterocycles. The number of urea groups is 1. The number of hydrogen-bond acceptors (Lipinski definition) is 4. The van der Waals surface area contributed by atoms with Crippen molar-refractivity contribution in [2.24, 2.45) is 16.8 Å². The number of unbranched alkanes of at least 4 members (excludes halogenated alkanes) is 4. The summed E-state index contributed by atoms with van der Waals surface area (Å²) < 4.78 is 5.28. The van der Waals surface area contributed by atoms with Crippen LogP contribution in [0, 0.1) is 5.92 Å². The predicted octanol–water partition coefficient (Wildman–Crippen LogP) is 2.32. The summed E-state index contributed by atoms with van der Waals surface area (Å²) in [6.07, 6.45) is 7.09. The number of nitrogens with zero attached hydrogens (tertiary/aromatic N) is 1. The predicted molar refractivity (Wildman–Crippen MR) is 77.2 cm³/mol. The minimum Gasteiger partial charge on any atom is -0.456 e. The van der Waals surface area contributed by atoms with Gasteiger partial charge in [-0.3, -0.25) is 4.79 Å². The fourth-order valence-corrected chi connectivity index (χ4v) is 2.34. The summed E-state index contributed by atoms with van der Waals surface area (Å²) in [4.78, 5) is 22.3. The minimum atomic E-state index is -0.721. The Kier molecular flexibility index (Phi) is 7.04. The Morgan fingerprint density at radius 1 is 1.40 bits per heavy atom. The van der Waals surface area contributed by atoms with Crippen molar-refractivity contribution >= 4 is 17.7 Å². The Morgan fingerprint density at radius 3 is 2.75 bits per heavy atom. The van der Waals surface area contributed by atoms with Gasteiger partial charge in [-0.25, -0.2) is 10.2 Å². The van der Waals surface area contributed by atoms with Crippen molar-refractivity contribution in [2.75, 3.05) is 0 Å². The van der Waals surface area contributed by atoms with Gasteiger partial charge in [0.05, 0.1) is 11.6 Å². The first-order valence-electron chi connectivity index (χ1n) is 7.34. The van der Waals surface area contributed by atoms with E-state index in [9.17, 15) is 9.59 Å². The highest BCUT2D eigenvalue weighted by molar-refractivity contribution is 5.91. The molecule has 6 nitrogen and oxygen atoms in total. The van der Waals surface area contributed by atoms with Crippen molar-refractivity contribution < 1.29 is 14.3 Å². The molecule has 2 atom stereocenters. The van der Waals surface area contributed by atoms with Gasteiger partial charge in [-0.2, -0.15) is 5.10 Å². The van der Waals surface area contributed by atoms with Gasteiger partial charge in [0.15, 0.2) is 0 Å². The van der Waals surface area contributed by atoms with Crippen LogP contribution >= 0.6 is 0 Å². The third-order valence-corrected chi connectivity index (χ3v) is 3.55. The number of cyclic esters (lactones) is 1. The van der Waals surface area contributed by atoms with E-state index < -0.39 is 6.03 Å². The minimum absolute atomic E-state index is 0.0413. The van der Waals surface area contributed by atoms with Crippen LogP contribution in [0.1, 0.15) is 58.8 Å². The van der Waals surface area contributed by atoms with E-state index in [1.54, 1.807) is 6.92 Å². The normalized spacial score (nSPS) is 22.7. The topological polar surface area (TPSA) is 93.8 Å². The van der Waals surface area contributed by atoms with Crippen LogP contribution in [0.4, 0.5) is 4.79 Å². The van der Waals surface area contributed by atoms with E-state index in [4.69, 9.17) is 10.5 Å². The summed E-state index contributed by atoms with van der Waals surface area (Å²) >= 11 is 0. The Hall–Kier alpha value is -1.59. The van der Waals surface area contributed by atoms with Crippen LogP contribution in [0.15, 0.2) is 5.10 Å². The molecule has 0 aromatic carbocycles. The number of ether oxygens (including phenoxy) is 1. The molecule has 0 unspecified atom stereocenters. The number of nitrogens with one attached hydrogen (secondary N) is 1. The molecule has 1 rings (SSSR count). The molecule has 1 aliphatic heterocycles. The van der Waals surface area contributed by atoms with Crippen LogP contribution in [0.5, 0.6) is 0 Å². The molecule has 2 amide bonds. The van der Waals surface area contributed by atoms with Gasteiger partial charge >= 0.3 is 12.0 Å². The van der Waals surface area contributed by atoms with Crippen molar-refractivity contribution in [3.05, 3.63) is 0 Å². The molecule has 1 aliphatic rings. The quantitative estimate of drug-likeness (QED) is 0.310. The average Bonchev–Trinajstić information content (AvgIpc) is 2.77. The fraction of sp³-hybridized carbons (Fsp3) is 0.786. The maximum absolute atomic E-state index is 11.8. The van der Waals surface area contributed by atoms with Gasteiger partial charge in [0.25, 0.3) is 0 Å². The van der Waals surface area contributed by atoms with Gasteiger partial charge in [-0.05, 0) is 13.3 Å². The molecule has 114 valence electrons. The number of carbonyl (C=O) groups excluding carboxylic acids is 2. The van der Waals surface area contributed by atoms with Gasteiger partial charge in [0.1, 0.15) is 6.10 Å². The van der Waals surface area contributed by atoms with Gasteiger partial charge in [0.2, 0.25) is 0 Å². The lowest BCUT2D eigenvalue weighted by molar-refractivity contribution is -0.142. The van der Waals surface area contributed by atoms with Crippen LogP contribution in [-0.2, 0) is 9.53 Å². The Balaban J connectivity index is 2.33. The smallest absolute Gasteiger partial charge is 0.332 e. The molecule has 0 aromatic rings. The van der Waals surface area contributed by atoms with Crippen LogP contribution < -0.4 is 11.2 Å². The molecular formula is C14H25N3O3. The zero-order valence-corrected chi connectivity index (χ0v) is 12.4. The molecule has 1 heterocycles. The van der Waals surface area contributed by atoms with Crippen LogP contribution in [0.2, 0.25) is 0 Å². The molecule has 3 N–H and O–H groups in total. The molecule has 0 aromatic heterocycles. The lowest BCUT2D eigenvalue weighted by Crippen LogP contribution is -2.28. The Morgan fingerprint density at radius 2 is 2.10 bits per heavy atom. The summed E-state index contributed by atoms with van der Waals surface area (Å²) in [6.45, 7) is 3.90. The summed E-state index contributed by atoms with van der Waals surface area (Å²) in [7, 11) is 0. The van der Waals surface area contributed by atoms with Crippen LogP contribution in [-0.4, -0.2) is 23.8 Å². The van der Waals surface area contributed by atoms with Gasteiger partial charge in [0, 0.05) is 6.42 Å². The number of esters is 1. The first kappa shape index (κ1) is 16.5. The van der Waals surface area contributed by atoms with Crippen LogP contribution in [0.25, 0.3) is 0 Å². The first-order valence-corrected chi connectivity index (χ1v) is 7.34. The van der Waals surface area contributed by atoms with Gasteiger partial charge in [-0.15, -0.1) is 0 Å². The molecule has 1 fully saturated rings. The number of primary amides is 1. The highest BCUT2D eigenvalue weighted by atomic mass is 16.6. The van der Waals surface area contributed by atoms with Crippen molar-refractivity contribution in [2.45, 2.75) is 64.9 Å². The van der Waals surface area contributed by atoms with E-state index in [-0.39, 0.29) is 18.0 Å². The zero-order chi connectivity index (χ0) is 15.0. The SMILES string of the molecule is CCCCCCC[C@H]1C[C@@H](/C(C)=N\NC(N)=O)OC1=O. The van der Waals surface area contributed by atoms with E-state index in [2.05, 4.69) is 17.5 Å². The standard InChI is InChI=1S/C14H25N3O3/c1-3-4-5-6-7-8-11-9-12(20-13(11)18)10(2)16-17-14(15)19/h11-12H,3-9H2,1-2H3,(H3,15,17,19)/b16-10-/t11-,12-/m0/s1. The van der Waals surface area contributed by atoms with Crippen molar-refractivity contribution in [1.29, 1.82) is 0 Å². The Labute approximate surface area is 120 Å². The third kappa shape index (κ3) is 5.59. The maximum Gasteiger partial charge on any atom is 0.332 e. The number of nitrogens with two attached hydrogens (primary N) is 1. The molecule has 0 radical (unpaired) electrons. The first-order chi connectivity index (χ1) is 9.54. The Bertz CT molecular complexity index is 369. The number of rotatable bonds is 8. The largest absolute Gasteiger partial charge is 0.456 e. The van der Waals surface area contributed by atoms with Crippen molar-refractivity contribution in [1.82, 2.24) is 5.43 Å². The number of carbonyl (C=O) groups is 2. The lowest BCUT2D eigenvalue weighted by Gasteiger charge is -2.07. The lowest BCUT2D eigenvalue weighted by atomic mass is 9.96. The molecule has 0 spiro atoms. The highest BCUT2D eigenvalue weighted by Gasteiger charge is 2.35. The monoisotopic (exact) mass is 283 g/mol. The van der Waals surface area contributed by atoms with E-state index in [0.29, 0.717) is 12.1 Å².